The Hall–Kier alpha value is -3.33. The van der Waals surface area contributed by atoms with E-state index >= 15 is 0 Å². The van der Waals surface area contributed by atoms with E-state index in [1.54, 1.807) is 29.3 Å². The van der Waals surface area contributed by atoms with Gasteiger partial charge in [-0.25, -0.2) is 4.68 Å². The van der Waals surface area contributed by atoms with E-state index in [0.717, 1.165) is 17.7 Å². The Morgan fingerprint density at radius 3 is 2.45 bits per heavy atom. The molecule has 0 radical (unpaired) electrons. The molecule has 1 aromatic heterocycles. The van der Waals surface area contributed by atoms with E-state index in [1.807, 2.05) is 6.92 Å². The maximum Gasteiger partial charge on any atom is 0.416 e. The van der Waals surface area contributed by atoms with Gasteiger partial charge in [-0.1, -0.05) is 18.2 Å². The second kappa shape index (κ2) is 7.91. The number of fused-ring (bicyclic) bond motifs is 1. The SMILES string of the molecule is Cc1ccc(O)c(-n2cc3c(n2)C(=O)N(C2CCOCC2)C3c2ccc(C(F)(F)F)cc2)c1. The summed E-state index contributed by atoms with van der Waals surface area (Å²) in [6.07, 6.45) is -1.47. The number of rotatable bonds is 3. The molecular formula is C24H22F3N3O3. The first-order valence-electron chi connectivity index (χ1n) is 10.7. The maximum atomic E-state index is 13.5. The molecule has 1 N–H and O–H groups in total. The van der Waals surface area contributed by atoms with Crippen LogP contribution in [0.5, 0.6) is 5.75 Å². The van der Waals surface area contributed by atoms with Crippen LogP contribution in [0.2, 0.25) is 0 Å². The highest BCUT2D eigenvalue weighted by Crippen LogP contribution is 2.42. The van der Waals surface area contributed by atoms with Crippen molar-refractivity contribution in [3.05, 3.63) is 76.6 Å². The van der Waals surface area contributed by atoms with Gasteiger partial charge in [-0.05, 0) is 55.2 Å². The molecule has 3 heterocycles. The predicted molar refractivity (Wildman–Crippen MR) is 113 cm³/mol. The number of phenols is 1. The molecule has 0 aliphatic carbocycles. The number of carbonyl (C=O) groups excluding carboxylic acids is 1. The molecule has 3 aromatic rings. The summed E-state index contributed by atoms with van der Waals surface area (Å²) in [7, 11) is 0. The van der Waals surface area contributed by atoms with Gasteiger partial charge < -0.3 is 14.7 Å². The van der Waals surface area contributed by atoms with E-state index in [2.05, 4.69) is 5.10 Å². The molecule has 1 amide bonds. The third-order valence-electron chi connectivity index (χ3n) is 6.27. The molecule has 9 heteroatoms. The number of amides is 1. The summed E-state index contributed by atoms with van der Waals surface area (Å²) in [4.78, 5) is 15.2. The molecule has 1 atom stereocenters. The van der Waals surface area contributed by atoms with Gasteiger partial charge in [0.15, 0.2) is 5.69 Å². The van der Waals surface area contributed by atoms with E-state index in [0.29, 0.717) is 42.9 Å². The van der Waals surface area contributed by atoms with Crippen molar-refractivity contribution in [3.8, 4) is 11.4 Å². The van der Waals surface area contributed by atoms with Gasteiger partial charge in [-0.2, -0.15) is 18.3 Å². The van der Waals surface area contributed by atoms with Crippen LogP contribution in [0.15, 0.2) is 48.7 Å². The van der Waals surface area contributed by atoms with Gasteiger partial charge in [-0.15, -0.1) is 0 Å². The van der Waals surface area contributed by atoms with Crippen LogP contribution in [-0.2, 0) is 10.9 Å². The minimum Gasteiger partial charge on any atom is -0.506 e. The van der Waals surface area contributed by atoms with E-state index in [4.69, 9.17) is 4.74 Å². The Morgan fingerprint density at radius 2 is 1.79 bits per heavy atom. The standard InChI is InChI=1S/C24H22F3N3O3/c1-14-2-7-20(31)19(12-14)29-13-18-21(28-29)23(32)30(17-8-10-33-11-9-17)22(18)15-3-5-16(6-4-15)24(25,26)27/h2-7,12-13,17,22,31H,8-11H2,1H3. The maximum absolute atomic E-state index is 13.5. The van der Waals surface area contributed by atoms with Crippen LogP contribution in [-0.4, -0.2) is 44.9 Å². The van der Waals surface area contributed by atoms with Crippen molar-refractivity contribution >= 4 is 5.91 Å². The van der Waals surface area contributed by atoms with Crippen molar-refractivity contribution in [1.29, 1.82) is 0 Å². The fourth-order valence-corrected chi connectivity index (χ4v) is 4.62. The Bertz CT molecular complexity index is 1200. The molecule has 2 aliphatic rings. The second-order valence-corrected chi connectivity index (χ2v) is 8.45. The fraction of sp³-hybridized carbons (Fsp3) is 0.333. The summed E-state index contributed by atoms with van der Waals surface area (Å²) in [5.41, 5.74) is 2.02. The molecule has 0 saturated carbocycles. The minimum absolute atomic E-state index is 0.0154. The molecular weight excluding hydrogens is 435 g/mol. The first-order valence-corrected chi connectivity index (χ1v) is 10.7. The summed E-state index contributed by atoms with van der Waals surface area (Å²) in [6, 6.07) is 9.32. The van der Waals surface area contributed by atoms with Gasteiger partial charge in [0, 0.05) is 31.0 Å². The first-order chi connectivity index (χ1) is 15.7. The lowest BCUT2D eigenvalue weighted by atomic mass is 9.97. The van der Waals surface area contributed by atoms with E-state index < -0.39 is 17.8 Å². The molecule has 6 nitrogen and oxygen atoms in total. The van der Waals surface area contributed by atoms with Crippen molar-refractivity contribution in [2.75, 3.05) is 13.2 Å². The van der Waals surface area contributed by atoms with Crippen LogP contribution in [0.4, 0.5) is 13.2 Å². The average molecular weight is 457 g/mol. The van der Waals surface area contributed by atoms with Gasteiger partial charge in [0.1, 0.15) is 11.4 Å². The molecule has 5 rings (SSSR count). The van der Waals surface area contributed by atoms with Crippen LogP contribution in [0.25, 0.3) is 5.69 Å². The monoisotopic (exact) mass is 457 g/mol. The number of halogens is 3. The smallest absolute Gasteiger partial charge is 0.416 e. The van der Waals surface area contributed by atoms with Gasteiger partial charge in [0.2, 0.25) is 0 Å². The number of benzene rings is 2. The summed E-state index contributed by atoms with van der Waals surface area (Å²) in [5.74, 6) is -0.255. The Balaban J connectivity index is 1.60. The quantitative estimate of drug-likeness (QED) is 0.623. The Kier molecular flexibility index (Phi) is 5.16. The van der Waals surface area contributed by atoms with Crippen molar-refractivity contribution in [2.24, 2.45) is 0 Å². The Morgan fingerprint density at radius 1 is 1.09 bits per heavy atom. The highest BCUT2D eigenvalue weighted by Gasteiger charge is 2.44. The molecule has 2 aromatic carbocycles. The summed E-state index contributed by atoms with van der Waals surface area (Å²) in [5, 5.41) is 14.8. The number of phenolic OH excluding ortho intramolecular Hbond substituents is 1. The number of aromatic hydroxyl groups is 1. The van der Waals surface area contributed by atoms with E-state index in [9.17, 15) is 23.1 Å². The lowest BCUT2D eigenvalue weighted by Crippen LogP contribution is -2.42. The fourth-order valence-electron chi connectivity index (χ4n) is 4.62. The van der Waals surface area contributed by atoms with Crippen LogP contribution < -0.4 is 0 Å². The van der Waals surface area contributed by atoms with E-state index in [-0.39, 0.29) is 23.4 Å². The molecule has 2 aliphatic heterocycles. The molecule has 1 fully saturated rings. The Labute approximate surface area is 188 Å². The number of carbonyl (C=O) groups is 1. The lowest BCUT2D eigenvalue weighted by Gasteiger charge is -2.36. The van der Waals surface area contributed by atoms with Crippen molar-refractivity contribution in [2.45, 2.75) is 38.0 Å². The number of aryl methyl sites for hydroxylation is 1. The zero-order valence-corrected chi connectivity index (χ0v) is 17.8. The van der Waals surface area contributed by atoms with Crippen LogP contribution >= 0.6 is 0 Å². The molecule has 0 bridgehead atoms. The first kappa shape index (κ1) is 21.5. The number of nitrogens with zero attached hydrogens (tertiary/aromatic N) is 3. The molecule has 0 spiro atoms. The van der Waals surface area contributed by atoms with Crippen molar-refractivity contribution in [1.82, 2.24) is 14.7 Å². The van der Waals surface area contributed by atoms with Crippen LogP contribution in [0, 0.1) is 6.92 Å². The lowest BCUT2D eigenvalue weighted by molar-refractivity contribution is -0.137. The predicted octanol–water partition coefficient (Wildman–Crippen LogP) is 4.63. The molecule has 1 saturated heterocycles. The van der Waals surface area contributed by atoms with Gasteiger partial charge in [-0.3, -0.25) is 4.79 Å². The second-order valence-electron chi connectivity index (χ2n) is 8.45. The van der Waals surface area contributed by atoms with Gasteiger partial charge in [0.25, 0.3) is 5.91 Å². The third-order valence-corrected chi connectivity index (χ3v) is 6.27. The largest absolute Gasteiger partial charge is 0.506 e. The number of hydrogen-bond donors (Lipinski definition) is 1. The highest BCUT2D eigenvalue weighted by atomic mass is 19.4. The van der Waals surface area contributed by atoms with Gasteiger partial charge in [0.05, 0.1) is 11.6 Å². The summed E-state index contributed by atoms with van der Waals surface area (Å²) >= 11 is 0. The number of alkyl halides is 3. The highest BCUT2D eigenvalue weighted by molar-refractivity contribution is 5.98. The zero-order chi connectivity index (χ0) is 23.3. The van der Waals surface area contributed by atoms with Crippen LogP contribution in [0.1, 0.15) is 51.6 Å². The third kappa shape index (κ3) is 3.76. The molecule has 172 valence electrons. The number of hydrogen-bond acceptors (Lipinski definition) is 4. The topological polar surface area (TPSA) is 67.6 Å². The molecule has 33 heavy (non-hydrogen) atoms. The zero-order valence-electron chi connectivity index (χ0n) is 17.8. The average Bonchev–Trinajstić information content (AvgIpc) is 3.33. The summed E-state index contributed by atoms with van der Waals surface area (Å²) < 4.78 is 46.2. The minimum atomic E-state index is -4.44. The molecule has 1 unspecified atom stereocenters. The van der Waals surface area contributed by atoms with Crippen molar-refractivity contribution in [3.63, 3.8) is 0 Å². The van der Waals surface area contributed by atoms with Crippen molar-refractivity contribution < 1.29 is 27.8 Å². The summed E-state index contributed by atoms with van der Waals surface area (Å²) in [6.45, 7) is 2.91. The normalized spacial score (nSPS) is 19.2. The number of ether oxygens (including phenoxy) is 1. The van der Waals surface area contributed by atoms with E-state index in [1.165, 1.54) is 16.8 Å². The van der Waals surface area contributed by atoms with Gasteiger partial charge >= 0.3 is 6.18 Å². The number of aromatic nitrogens is 2. The van der Waals surface area contributed by atoms with Crippen LogP contribution in [0.3, 0.4) is 0 Å².